The van der Waals surface area contributed by atoms with Crippen LogP contribution in [0.4, 0.5) is 75.5 Å². The van der Waals surface area contributed by atoms with Crippen molar-refractivity contribution in [1.29, 1.82) is 0 Å². The normalized spacial score (nSPS) is 13.3. The van der Waals surface area contributed by atoms with Crippen molar-refractivity contribution >= 4 is 211 Å². The predicted octanol–water partition coefficient (Wildman–Crippen LogP) is 4.64. The van der Waals surface area contributed by atoms with E-state index in [0.717, 1.165) is 66.7 Å². The fourth-order valence-electron chi connectivity index (χ4n) is 10.3. The molecule has 48 nitrogen and oxygen atoms in total. The molecule has 1 aliphatic carbocycles. The molecule has 0 bridgehead atoms. The number of benzene rings is 7. The molecule has 4 heterocycles. The van der Waals surface area contributed by atoms with Gasteiger partial charge in [-0.3, -0.25) is 41.4 Å². The molecule has 3 aliphatic rings. The van der Waals surface area contributed by atoms with Crippen molar-refractivity contribution in [2.75, 3.05) is 93.4 Å². The van der Waals surface area contributed by atoms with E-state index >= 15 is 0 Å². The number of fused-ring (bicyclic) bond motifs is 4. The van der Waals surface area contributed by atoms with E-state index < -0.39 is 257 Å². The van der Waals surface area contributed by atoms with Gasteiger partial charge in [0.15, 0.2) is 52.3 Å². The van der Waals surface area contributed by atoms with Crippen LogP contribution in [-0.2, 0) is 110 Å². The third-order valence-corrected chi connectivity index (χ3v) is 25.5. The molecule has 0 unspecified atom stereocenters. The van der Waals surface area contributed by atoms with Gasteiger partial charge in [0.25, 0.3) is 50.6 Å². The first-order valence-electron chi connectivity index (χ1n) is 31.0. The summed E-state index contributed by atoms with van der Waals surface area (Å²) < 4.78 is 347. The van der Waals surface area contributed by atoms with Gasteiger partial charge >= 0.3 is 30.9 Å². The number of hydrogen-bond donors (Lipinski definition) is 16. The Balaban J connectivity index is 0.852. The summed E-state index contributed by atoms with van der Waals surface area (Å²) in [6.45, 7) is -3.45. The first-order chi connectivity index (χ1) is 53.8. The Morgan fingerprint density at radius 1 is 0.422 bits per heavy atom. The molecule has 0 amide bonds. The van der Waals surface area contributed by atoms with Gasteiger partial charge in [-0.15, -0.1) is 0 Å². The highest BCUT2D eigenvalue weighted by molar-refractivity contribution is 7.92. The number of halogens is 2. The van der Waals surface area contributed by atoms with Crippen LogP contribution in [0.3, 0.4) is 0 Å². The highest BCUT2D eigenvalue weighted by atomic mass is 35.5. The molecule has 0 fully saturated rings. The molecule has 6 aromatic carbocycles. The summed E-state index contributed by atoms with van der Waals surface area (Å²) in [5, 5.41) is 19.9. The lowest BCUT2D eigenvalue weighted by atomic mass is 10.1. The number of aromatic nitrogens is 7. The molecule has 8 aromatic rings. The van der Waals surface area contributed by atoms with Crippen LogP contribution in [0.2, 0.25) is 10.0 Å². The van der Waals surface area contributed by atoms with E-state index in [1.165, 1.54) is 30.3 Å². The highest BCUT2D eigenvalue weighted by Gasteiger charge is 2.36. The van der Waals surface area contributed by atoms with Crippen molar-refractivity contribution in [3.63, 3.8) is 0 Å². The molecule has 0 spiro atoms. The molecule has 620 valence electrons. The van der Waals surface area contributed by atoms with Crippen molar-refractivity contribution < 1.29 is 138 Å². The van der Waals surface area contributed by atoms with Gasteiger partial charge in [0.2, 0.25) is 35.7 Å². The second-order valence-corrected chi connectivity index (χ2v) is 38.7. The van der Waals surface area contributed by atoms with Crippen molar-refractivity contribution in [2.24, 2.45) is 4.99 Å². The molecule has 0 atom stereocenters. The molecule has 0 saturated heterocycles. The van der Waals surface area contributed by atoms with Crippen molar-refractivity contribution in [3.8, 4) is 23.0 Å². The maximum atomic E-state index is 13.4. The zero-order chi connectivity index (χ0) is 84.8. The van der Waals surface area contributed by atoms with Crippen molar-refractivity contribution in [1.82, 2.24) is 34.9 Å². The lowest BCUT2D eigenvalue weighted by molar-refractivity contribution is 0.282. The lowest BCUT2D eigenvalue weighted by Gasteiger charge is -2.27. The Hall–Kier alpha value is -10.2. The van der Waals surface area contributed by atoms with Crippen LogP contribution in [0.25, 0.3) is 22.6 Å². The quantitative estimate of drug-likeness (QED) is 0.0151. The summed E-state index contributed by atoms with van der Waals surface area (Å²) in [7, 11) is -50.1. The molecule has 2 aromatic heterocycles. The van der Waals surface area contributed by atoms with Crippen LogP contribution in [0.15, 0.2) is 158 Å². The SMILES string of the molecule is O=S(=O)(O)OCCS(=O)(=O)c1cccc(Nc2nc(NCCN=c3ccc4nc5c(Cl)c6c(c(Cl)c5oc-4c3S(=O)(=O)O)Nc3ccc(NCCNc4nc(Nc5cccc(S(=O)(=O)CCOS(=O)(=O)O)c5)nc(Nc5ccc(S(=O)(=O)O)cc5S(=O)(=O)O)n4)c(S(=O)(=O)O)c3O6)nc(Nc3ccc(S(=O)(=O)O)cc3S(=O)(=O)O)n2)c1. The molecular weight excluding hydrogens is 1800 g/mol. The third kappa shape index (κ3) is 21.2. The molecule has 116 heavy (non-hydrogen) atoms. The molecule has 60 heteroatoms. The molecule has 11 rings (SSSR count). The minimum absolute atomic E-state index is 0.0722. The molecule has 0 radical (unpaired) electrons. The van der Waals surface area contributed by atoms with Gasteiger partial charge in [-0.2, -0.15) is 97.2 Å². The standard InChI is InChI=1S/C56H50Cl2N16O32S10/c57-41-44-48(106-46-36(66-44)12-14-38(50(46)114(94,95)96)60-16-18-62-52-70-54(64-28-4-2-6-30(24-28)108(77,78)22-20-104-116(100,101)102)74-56(72-52)68-34-10-8-32(110(82,83)84)26-40(34)112(88,89)90)42(58)43-47(41)105-45-35(65-43)11-13-37(49(45)113(91,92)93)59-15-17-61-51-69-53(63-27-3-1-5-29(23-27)107(75,76)21-19-103-115(97,98)99)73-55(71-51)67-33-9-7-31(109(79,80)81)25-39(33)111(85,86)87/h1-14,23-26,59,65H,15-22H2,(H,79,80,81)(H,82,83,84)(H,85,86,87)(H,88,89,90)(H,91,92,93)(H,94,95,96)(H,97,98,99)(H,100,101,102)(H3,61,63,67,69,71,73)(H3,62,64,68,70,72,74). The number of anilines is 13. The van der Waals surface area contributed by atoms with Gasteiger partial charge in [0.1, 0.15) is 36.7 Å². The smallest absolute Gasteiger partial charge is 0.397 e. The number of nitrogens with zero attached hydrogens (tertiary/aromatic N) is 8. The predicted molar refractivity (Wildman–Crippen MR) is 403 cm³/mol. The zero-order valence-electron chi connectivity index (χ0n) is 56.8. The van der Waals surface area contributed by atoms with Gasteiger partial charge in [-0.1, -0.05) is 35.3 Å². The first-order valence-corrected chi connectivity index (χ1v) is 46.5. The Bertz CT molecular complexity index is 6990. The maximum Gasteiger partial charge on any atom is 0.397 e. The molecular formula is C56H50Cl2N16O32S10. The number of hydrogen-bond acceptors (Lipinski definition) is 40. The summed E-state index contributed by atoms with van der Waals surface area (Å²) in [4.78, 5) is 26.8. The highest BCUT2D eigenvalue weighted by Crippen LogP contribution is 2.55. The van der Waals surface area contributed by atoms with Crippen molar-refractivity contribution in [2.45, 2.75) is 39.2 Å². The minimum atomic E-state index is -5.39. The van der Waals surface area contributed by atoms with E-state index in [1.807, 2.05) is 0 Å². The Morgan fingerprint density at radius 3 is 1.33 bits per heavy atom. The number of nitrogens with one attached hydrogen (secondary N) is 8. The first kappa shape index (κ1) is 86.7. The van der Waals surface area contributed by atoms with Gasteiger partial charge < -0.3 is 51.7 Å². The Kier molecular flexibility index (Phi) is 24.5. The minimum Gasteiger partial charge on any atom is -0.450 e. The lowest BCUT2D eigenvalue weighted by Crippen LogP contribution is -2.20. The summed E-state index contributed by atoms with van der Waals surface area (Å²) in [6.07, 6.45) is 0. The van der Waals surface area contributed by atoms with E-state index in [0.29, 0.717) is 12.1 Å². The van der Waals surface area contributed by atoms with Crippen LogP contribution in [0.5, 0.6) is 11.5 Å². The number of sulfone groups is 2. The second kappa shape index (κ2) is 32.7. The molecule has 16 N–H and O–H groups in total. The van der Waals surface area contributed by atoms with E-state index in [4.69, 9.17) is 41.5 Å². The zero-order valence-corrected chi connectivity index (χ0v) is 66.5. The largest absolute Gasteiger partial charge is 0.450 e. The van der Waals surface area contributed by atoms with Crippen LogP contribution in [0.1, 0.15) is 0 Å². The Labute approximate surface area is 664 Å². The van der Waals surface area contributed by atoms with E-state index in [1.54, 1.807) is 0 Å². The average molecular weight is 1850 g/mol. The monoisotopic (exact) mass is 1850 g/mol. The summed E-state index contributed by atoms with van der Waals surface area (Å²) in [5.41, 5.74) is -3.39. The summed E-state index contributed by atoms with van der Waals surface area (Å²) in [5.74, 6) is -6.60. The fourth-order valence-corrected chi connectivity index (χ4v) is 18.0. The van der Waals surface area contributed by atoms with E-state index in [9.17, 15) is 111 Å². The Morgan fingerprint density at radius 2 is 0.871 bits per heavy atom. The topological polar surface area (TPSA) is 743 Å². The van der Waals surface area contributed by atoms with Crippen LogP contribution in [0, 0.1) is 0 Å². The average Bonchev–Trinajstić information content (AvgIpc) is 0.711. The van der Waals surface area contributed by atoms with Crippen molar-refractivity contribution in [3.05, 3.63) is 125 Å². The number of ether oxygens (including phenoxy) is 1. The summed E-state index contributed by atoms with van der Waals surface area (Å²) >= 11 is 13.8. The molecule has 2 aliphatic heterocycles. The maximum absolute atomic E-state index is 13.4. The second-order valence-electron chi connectivity index (χ2n) is 23.2. The van der Waals surface area contributed by atoms with Crippen LogP contribution >= 0.6 is 23.2 Å². The van der Waals surface area contributed by atoms with E-state index in [-0.39, 0.29) is 59.3 Å². The molecule has 0 saturated carbocycles. The van der Waals surface area contributed by atoms with Gasteiger partial charge in [0, 0.05) is 31.0 Å². The third-order valence-electron chi connectivity index (χ3n) is 15.2. The van der Waals surface area contributed by atoms with Gasteiger partial charge in [-0.05, 0) is 97.1 Å². The number of rotatable bonds is 33. The van der Waals surface area contributed by atoms with Gasteiger partial charge in [0.05, 0.1) is 79.0 Å². The van der Waals surface area contributed by atoms with Gasteiger partial charge in [-0.25, -0.2) is 30.2 Å². The van der Waals surface area contributed by atoms with Crippen LogP contribution in [-0.4, -0.2) is 206 Å². The summed E-state index contributed by atoms with van der Waals surface area (Å²) in [6, 6.07) is 17.8. The van der Waals surface area contributed by atoms with E-state index in [2.05, 4.69) is 90.8 Å². The fraction of sp³-hybridized carbons (Fsp3) is 0.143. The van der Waals surface area contributed by atoms with Crippen LogP contribution < -0.4 is 52.6 Å².